The Kier molecular flexibility index (Phi) is 7.85. The summed E-state index contributed by atoms with van der Waals surface area (Å²) in [7, 11) is 0. The maximum Gasteiger partial charge on any atom is 0.268 e. The largest absolute Gasteiger partial charge is 0.492 e. The molecule has 8 heteroatoms. The Morgan fingerprint density at radius 2 is 1.97 bits per heavy atom. The number of nitrogens with one attached hydrogen (secondary N) is 1. The minimum atomic E-state index is -0.474. The fraction of sp³-hybridized carbons (Fsp3) is 0.333. The van der Waals surface area contributed by atoms with Gasteiger partial charge in [0.2, 0.25) is 5.13 Å². The van der Waals surface area contributed by atoms with E-state index in [9.17, 15) is 10.1 Å². The molecule has 7 nitrogen and oxygen atoms in total. The average molecular weight is 526 g/mol. The topological polar surface area (TPSA) is 92.8 Å². The van der Waals surface area contributed by atoms with Gasteiger partial charge in [-0.25, -0.2) is 0 Å². The van der Waals surface area contributed by atoms with Gasteiger partial charge in [0.1, 0.15) is 29.0 Å². The summed E-state index contributed by atoms with van der Waals surface area (Å²) in [6.07, 6.45) is 7.59. The smallest absolute Gasteiger partial charge is 0.268 e. The first kappa shape index (κ1) is 25.7. The third kappa shape index (κ3) is 5.63. The van der Waals surface area contributed by atoms with Gasteiger partial charge in [-0.05, 0) is 56.5 Å². The van der Waals surface area contributed by atoms with E-state index in [1.165, 1.54) is 30.6 Å². The summed E-state index contributed by atoms with van der Waals surface area (Å²) in [6, 6.07) is 18.1. The highest BCUT2D eigenvalue weighted by atomic mass is 32.1. The normalized spacial score (nSPS) is 14.4. The van der Waals surface area contributed by atoms with E-state index in [4.69, 9.17) is 4.74 Å². The monoisotopic (exact) mass is 525 g/mol. The number of rotatable bonds is 8. The Morgan fingerprint density at radius 1 is 1.16 bits per heavy atom. The van der Waals surface area contributed by atoms with E-state index in [0.29, 0.717) is 24.2 Å². The molecule has 0 radical (unpaired) electrons. The van der Waals surface area contributed by atoms with Crippen LogP contribution in [0.25, 0.3) is 17.0 Å². The molecule has 2 aromatic carbocycles. The molecule has 2 heterocycles. The highest BCUT2D eigenvalue weighted by molar-refractivity contribution is 7.15. The van der Waals surface area contributed by atoms with Crippen molar-refractivity contribution in [2.45, 2.75) is 58.4 Å². The van der Waals surface area contributed by atoms with E-state index >= 15 is 0 Å². The third-order valence-electron chi connectivity index (χ3n) is 7.12. The van der Waals surface area contributed by atoms with Crippen molar-refractivity contribution >= 4 is 39.4 Å². The molecule has 38 heavy (non-hydrogen) atoms. The Morgan fingerprint density at radius 3 is 2.76 bits per heavy atom. The van der Waals surface area contributed by atoms with Crippen LogP contribution in [0.4, 0.5) is 5.13 Å². The first-order valence-corrected chi connectivity index (χ1v) is 13.9. The van der Waals surface area contributed by atoms with Gasteiger partial charge in [-0.2, -0.15) is 5.26 Å². The van der Waals surface area contributed by atoms with Crippen LogP contribution in [0.3, 0.4) is 0 Å². The second-order valence-corrected chi connectivity index (χ2v) is 10.7. The number of benzene rings is 2. The van der Waals surface area contributed by atoms with Crippen molar-refractivity contribution < 1.29 is 9.53 Å². The van der Waals surface area contributed by atoms with Crippen molar-refractivity contribution in [1.29, 1.82) is 5.26 Å². The minimum Gasteiger partial charge on any atom is -0.492 e. The molecule has 0 atom stereocenters. The molecule has 1 amide bonds. The molecule has 5 rings (SSSR count). The third-order valence-corrected chi connectivity index (χ3v) is 8.12. The standard InChI is InChI=1S/C30H31N5O2S/c1-20-9-8-12-24(17-20)37-16-15-35-21(2)26(25-13-6-7-14-27(25)35)18-23(19-31)28(36)32-30-34-33-29(38-30)22-10-4-3-5-11-22/h6-9,12-14,17-18,22H,3-5,10-11,15-16H2,1-2H3,(H,32,34,36)/b23-18-. The maximum atomic E-state index is 13.1. The fourth-order valence-corrected chi connectivity index (χ4v) is 6.05. The summed E-state index contributed by atoms with van der Waals surface area (Å²) in [5.74, 6) is 0.783. The molecule has 0 bridgehead atoms. The molecule has 1 saturated carbocycles. The molecule has 4 aromatic rings. The van der Waals surface area contributed by atoms with E-state index in [-0.39, 0.29) is 5.57 Å². The van der Waals surface area contributed by atoms with Crippen LogP contribution >= 0.6 is 11.3 Å². The summed E-state index contributed by atoms with van der Waals surface area (Å²) in [5, 5.41) is 23.5. The molecular formula is C30H31N5O2S. The van der Waals surface area contributed by atoms with Gasteiger partial charge in [0.25, 0.3) is 5.91 Å². The Balaban J connectivity index is 1.35. The molecule has 0 saturated heterocycles. The fourth-order valence-electron chi connectivity index (χ4n) is 5.14. The van der Waals surface area contributed by atoms with Gasteiger partial charge in [0, 0.05) is 28.1 Å². The number of nitrogens with zero attached hydrogens (tertiary/aromatic N) is 4. The highest BCUT2D eigenvalue weighted by Gasteiger charge is 2.21. The van der Waals surface area contributed by atoms with Crippen molar-refractivity contribution in [1.82, 2.24) is 14.8 Å². The van der Waals surface area contributed by atoms with Crippen LogP contribution in [0.2, 0.25) is 0 Å². The molecule has 0 unspecified atom stereocenters. The highest BCUT2D eigenvalue weighted by Crippen LogP contribution is 2.35. The van der Waals surface area contributed by atoms with Crippen molar-refractivity contribution in [3.8, 4) is 11.8 Å². The van der Waals surface area contributed by atoms with Crippen molar-refractivity contribution in [3.05, 3.63) is 75.9 Å². The van der Waals surface area contributed by atoms with Crippen LogP contribution in [-0.4, -0.2) is 27.3 Å². The van der Waals surface area contributed by atoms with Gasteiger partial charge in [0.05, 0.1) is 6.54 Å². The van der Waals surface area contributed by atoms with Gasteiger partial charge < -0.3 is 9.30 Å². The number of hydrogen-bond acceptors (Lipinski definition) is 6. The number of aromatic nitrogens is 3. The summed E-state index contributed by atoms with van der Waals surface area (Å²) < 4.78 is 8.16. The maximum absolute atomic E-state index is 13.1. The zero-order valence-corrected chi connectivity index (χ0v) is 22.6. The zero-order valence-electron chi connectivity index (χ0n) is 21.7. The number of ether oxygens (including phenoxy) is 1. The molecular weight excluding hydrogens is 494 g/mol. The molecule has 1 aliphatic rings. The summed E-state index contributed by atoms with van der Waals surface area (Å²) in [4.78, 5) is 13.1. The van der Waals surface area contributed by atoms with Crippen LogP contribution in [0.1, 0.15) is 59.9 Å². The summed E-state index contributed by atoms with van der Waals surface area (Å²) in [6.45, 7) is 5.18. The zero-order chi connectivity index (χ0) is 26.5. The second kappa shape index (κ2) is 11.6. The number of nitriles is 1. The van der Waals surface area contributed by atoms with Crippen molar-refractivity contribution in [2.24, 2.45) is 0 Å². The number of carbonyl (C=O) groups is 1. The van der Waals surface area contributed by atoms with E-state index < -0.39 is 5.91 Å². The SMILES string of the molecule is Cc1cccc(OCCn2c(C)c(/C=C(/C#N)C(=O)Nc3nnc(C4CCCCC4)s3)c3ccccc32)c1. The molecule has 0 aliphatic heterocycles. The lowest BCUT2D eigenvalue weighted by atomic mass is 9.90. The van der Waals surface area contributed by atoms with Crippen molar-refractivity contribution in [3.63, 3.8) is 0 Å². The Hall–Kier alpha value is -3.96. The molecule has 2 aromatic heterocycles. The lowest BCUT2D eigenvalue weighted by Crippen LogP contribution is -2.13. The lowest BCUT2D eigenvalue weighted by molar-refractivity contribution is -0.112. The van der Waals surface area contributed by atoms with E-state index in [1.807, 2.05) is 62.4 Å². The Labute approximate surface area is 226 Å². The lowest BCUT2D eigenvalue weighted by Gasteiger charge is -2.18. The molecule has 1 fully saturated rings. The summed E-state index contributed by atoms with van der Waals surface area (Å²) in [5.41, 5.74) is 4.03. The van der Waals surface area contributed by atoms with Gasteiger partial charge in [0.15, 0.2) is 0 Å². The van der Waals surface area contributed by atoms with Gasteiger partial charge in [-0.15, -0.1) is 10.2 Å². The second-order valence-electron chi connectivity index (χ2n) is 9.74. The van der Waals surface area contributed by atoms with E-state index in [0.717, 1.165) is 51.3 Å². The first-order valence-electron chi connectivity index (χ1n) is 13.1. The van der Waals surface area contributed by atoms with E-state index in [1.54, 1.807) is 6.08 Å². The van der Waals surface area contributed by atoms with Gasteiger partial charge in [-0.3, -0.25) is 10.1 Å². The van der Waals surface area contributed by atoms with E-state index in [2.05, 4.69) is 26.2 Å². The average Bonchev–Trinajstić information content (AvgIpc) is 3.50. The van der Waals surface area contributed by atoms with Crippen LogP contribution in [0.15, 0.2) is 54.1 Å². The van der Waals surface area contributed by atoms with Crippen LogP contribution in [0.5, 0.6) is 5.75 Å². The first-order chi connectivity index (χ1) is 18.5. The number of hydrogen-bond donors (Lipinski definition) is 1. The quantitative estimate of drug-likeness (QED) is 0.202. The molecule has 1 aliphatic carbocycles. The number of carbonyl (C=O) groups excluding carboxylic acids is 1. The summed E-state index contributed by atoms with van der Waals surface area (Å²) >= 11 is 1.41. The number of para-hydroxylation sites is 1. The van der Waals surface area contributed by atoms with Gasteiger partial charge >= 0.3 is 0 Å². The molecule has 0 spiro atoms. The predicted molar refractivity (Wildman–Crippen MR) is 151 cm³/mol. The number of fused-ring (bicyclic) bond motifs is 1. The van der Waals surface area contributed by atoms with Crippen LogP contribution in [0, 0.1) is 25.2 Å². The van der Waals surface area contributed by atoms with Crippen LogP contribution in [-0.2, 0) is 11.3 Å². The van der Waals surface area contributed by atoms with Gasteiger partial charge in [-0.1, -0.05) is 60.9 Å². The van der Waals surface area contributed by atoms with Crippen LogP contribution < -0.4 is 10.1 Å². The number of aryl methyl sites for hydroxylation is 1. The molecule has 194 valence electrons. The number of amides is 1. The Bertz CT molecular complexity index is 1520. The molecule has 1 N–H and O–H groups in total. The predicted octanol–water partition coefficient (Wildman–Crippen LogP) is 6.78. The number of anilines is 1. The van der Waals surface area contributed by atoms with Crippen molar-refractivity contribution in [2.75, 3.05) is 11.9 Å². The minimum absolute atomic E-state index is 0.0291.